The molecule has 1 aliphatic heterocycles. The Morgan fingerprint density at radius 3 is 2.67 bits per heavy atom. The molecule has 0 aromatic carbocycles. The maximum Gasteiger partial charge on any atom is 0.0673 e. The van der Waals surface area contributed by atoms with E-state index in [4.69, 9.17) is 4.74 Å². The van der Waals surface area contributed by atoms with Crippen LogP contribution in [-0.4, -0.2) is 23.9 Å². The minimum atomic E-state index is -0.461. The van der Waals surface area contributed by atoms with Crippen LogP contribution in [-0.2, 0) is 4.74 Å². The van der Waals surface area contributed by atoms with E-state index in [1.807, 2.05) is 6.92 Å². The Balaban J connectivity index is 1.88. The van der Waals surface area contributed by atoms with Crippen LogP contribution >= 0.6 is 0 Å². The second-order valence-corrected chi connectivity index (χ2v) is 4.57. The highest BCUT2D eigenvalue weighted by atomic mass is 16.5. The molecule has 2 heteroatoms. The van der Waals surface area contributed by atoms with Gasteiger partial charge in [-0.3, -0.25) is 0 Å². The molecule has 1 heterocycles. The van der Waals surface area contributed by atoms with Crippen molar-refractivity contribution in [1.29, 1.82) is 0 Å². The monoisotopic (exact) mass is 170 g/mol. The normalized spacial score (nSPS) is 35.0. The Kier molecular flexibility index (Phi) is 2.13. The molecule has 0 aromatic rings. The number of hydrogen-bond acceptors (Lipinski definition) is 2. The fourth-order valence-electron chi connectivity index (χ4n) is 2.10. The van der Waals surface area contributed by atoms with Crippen molar-refractivity contribution in [3.63, 3.8) is 0 Å². The molecule has 2 atom stereocenters. The van der Waals surface area contributed by atoms with Gasteiger partial charge in [-0.2, -0.15) is 0 Å². The Bertz CT molecular complexity index is 155. The molecule has 1 saturated carbocycles. The maximum atomic E-state index is 10.1. The Labute approximate surface area is 73.9 Å². The van der Waals surface area contributed by atoms with E-state index in [0.717, 1.165) is 32.0 Å². The van der Waals surface area contributed by atoms with Crippen molar-refractivity contribution >= 4 is 0 Å². The smallest absolute Gasteiger partial charge is 0.0673 e. The van der Waals surface area contributed by atoms with Crippen molar-refractivity contribution in [3.05, 3.63) is 0 Å². The van der Waals surface area contributed by atoms with Gasteiger partial charge in [0.2, 0.25) is 0 Å². The summed E-state index contributed by atoms with van der Waals surface area (Å²) in [6.45, 7) is 3.58. The third kappa shape index (κ3) is 1.80. The summed E-state index contributed by atoms with van der Waals surface area (Å²) in [5, 5.41) is 10.1. The molecule has 1 aliphatic carbocycles. The molecule has 2 aliphatic rings. The minimum absolute atomic E-state index is 0.387. The van der Waals surface area contributed by atoms with Crippen LogP contribution in [0.3, 0.4) is 0 Å². The van der Waals surface area contributed by atoms with Gasteiger partial charge in [0, 0.05) is 12.5 Å². The second kappa shape index (κ2) is 3.00. The highest BCUT2D eigenvalue weighted by Gasteiger charge is 2.39. The van der Waals surface area contributed by atoms with Gasteiger partial charge in [-0.05, 0) is 25.7 Å². The third-order valence-electron chi connectivity index (χ3n) is 3.21. The zero-order valence-electron chi connectivity index (χ0n) is 7.75. The van der Waals surface area contributed by atoms with Gasteiger partial charge in [0.25, 0.3) is 0 Å². The zero-order chi connectivity index (χ0) is 8.60. The zero-order valence-corrected chi connectivity index (χ0v) is 7.75. The van der Waals surface area contributed by atoms with Crippen LogP contribution in [0, 0.1) is 11.8 Å². The lowest BCUT2D eigenvalue weighted by Gasteiger charge is -2.29. The van der Waals surface area contributed by atoms with Crippen molar-refractivity contribution in [2.24, 2.45) is 11.8 Å². The molecule has 2 nitrogen and oxygen atoms in total. The molecule has 2 rings (SSSR count). The van der Waals surface area contributed by atoms with Gasteiger partial charge >= 0.3 is 0 Å². The van der Waals surface area contributed by atoms with Gasteiger partial charge < -0.3 is 9.84 Å². The first-order valence-electron chi connectivity index (χ1n) is 4.98. The fraction of sp³-hybridized carbons (Fsp3) is 1.00. The molecular formula is C10H18O2. The van der Waals surface area contributed by atoms with E-state index in [-0.39, 0.29) is 0 Å². The van der Waals surface area contributed by atoms with E-state index < -0.39 is 5.60 Å². The molecule has 0 radical (unpaired) electrons. The first-order chi connectivity index (χ1) is 5.68. The van der Waals surface area contributed by atoms with Crippen molar-refractivity contribution in [2.75, 3.05) is 13.2 Å². The lowest BCUT2D eigenvalue weighted by Crippen LogP contribution is -2.35. The molecule has 2 unspecified atom stereocenters. The number of rotatable bonds is 3. The van der Waals surface area contributed by atoms with Crippen LogP contribution in [0.5, 0.6) is 0 Å². The number of aliphatic hydroxyl groups is 1. The number of ether oxygens (including phenoxy) is 1. The molecule has 0 amide bonds. The van der Waals surface area contributed by atoms with Crippen LogP contribution in [0.1, 0.15) is 32.6 Å². The van der Waals surface area contributed by atoms with Gasteiger partial charge in [-0.15, -0.1) is 0 Å². The Morgan fingerprint density at radius 1 is 1.42 bits per heavy atom. The quantitative estimate of drug-likeness (QED) is 0.696. The van der Waals surface area contributed by atoms with E-state index in [0.29, 0.717) is 5.92 Å². The molecule has 0 spiro atoms. The lowest BCUT2D eigenvalue weighted by molar-refractivity contribution is -0.0167. The summed E-state index contributed by atoms with van der Waals surface area (Å²) in [7, 11) is 0. The summed E-state index contributed by atoms with van der Waals surface area (Å²) in [6.07, 6.45) is 4.67. The van der Waals surface area contributed by atoms with Crippen molar-refractivity contribution in [2.45, 2.75) is 38.2 Å². The third-order valence-corrected chi connectivity index (χ3v) is 3.21. The Hall–Kier alpha value is -0.0800. The SMILES string of the molecule is CC(O)(CC1CC1)C1CCOC1. The minimum Gasteiger partial charge on any atom is -0.390 e. The summed E-state index contributed by atoms with van der Waals surface area (Å²) in [4.78, 5) is 0. The van der Waals surface area contributed by atoms with Crippen molar-refractivity contribution in [1.82, 2.24) is 0 Å². The van der Waals surface area contributed by atoms with Gasteiger partial charge in [-0.1, -0.05) is 12.8 Å². The van der Waals surface area contributed by atoms with Crippen LogP contribution in [0.15, 0.2) is 0 Å². The van der Waals surface area contributed by atoms with Gasteiger partial charge in [-0.25, -0.2) is 0 Å². The van der Waals surface area contributed by atoms with E-state index in [2.05, 4.69) is 0 Å². The van der Waals surface area contributed by atoms with E-state index in [1.54, 1.807) is 0 Å². The average molecular weight is 170 g/mol. The number of hydrogen-bond donors (Lipinski definition) is 1. The summed E-state index contributed by atoms with van der Waals surface area (Å²) >= 11 is 0. The Morgan fingerprint density at radius 2 is 2.17 bits per heavy atom. The topological polar surface area (TPSA) is 29.5 Å². The average Bonchev–Trinajstić information content (AvgIpc) is 2.67. The largest absolute Gasteiger partial charge is 0.390 e. The fourth-order valence-corrected chi connectivity index (χ4v) is 2.10. The maximum absolute atomic E-state index is 10.1. The lowest BCUT2D eigenvalue weighted by atomic mass is 9.84. The summed E-state index contributed by atoms with van der Waals surface area (Å²) in [5.74, 6) is 1.19. The van der Waals surface area contributed by atoms with Gasteiger partial charge in [0.15, 0.2) is 0 Å². The molecule has 1 N–H and O–H groups in total. The van der Waals surface area contributed by atoms with E-state index in [9.17, 15) is 5.11 Å². The highest BCUT2D eigenvalue weighted by Crippen LogP contribution is 2.40. The predicted octanol–water partition coefficient (Wildman–Crippen LogP) is 1.57. The summed E-state index contributed by atoms with van der Waals surface area (Å²) < 4.78 is 5.29. The van der Waals surface area contributed by atoms with E-state index >= 15 is 0 Å². The first-order valence-corrected chi connectivity index (χ1v) is 4.98. The van der Waals surface area contributed by atoms with Crippen LogP contribution in [0.2, 0.25) is 0 Å². The molecule has 1 saturated heterocycles. The molecule has 0 aromatic heterocycles. The molecule has 70 valence electrons. The molecule has 0 bridgehead atoms. The molecule has 12 heavy (non-hydrogen) atoms. The summed E-state index contributed by atoms with van der Waals surface area (Å²) in [6, 6.07) is 0. The summed E-state index contributed by atoms with van der Waals surface area (Å²) in [5.41, 5.74) is -0.461. The van der Waals surface area contributed by atoms with E-state index in [1.165, 1.54) is 12.8 Å². The standard InChI is InChI=1S/C10H18O2/c1-10(11,6-8-2-3-8)9-4-5-12-7-9/h8-9,11H,2-7H2,1H3. The van der Waals surface area contributed by atoms with Crippen LogP contribution < -0.4 is 0 Å². The molecule has 2 fully saturated rings. The molecular weight excluding hydrogens is 152 g/mol. The van der Waals surface area contributed by atoms with Gasteiger partial charge in [0.05, 0.1) is 12.2 Å². The van der Waals surface area contributed by atoms with Crippen LogP contribution in [0.25, 0.3) is 0 Å². The van der Waals surface area contributed by atoms with Crippen molar-refractivity contribution in [3.8, 4) is 0 Å². The second-order valence-electron chi connectivity index (χ2n) is 4.57. The van der Waals surface area contributed by atoms with Crippen molar-refractivity contribution < 1.29 is 9.84 Å². The predicted molar refractivity (Wildman–Crippen MR) is 46.9 cm³/mol. The first kappa shape index (κ1) is 8.52. The highest BCUT2D eigenvalue weighted by molar-refractivity contribution is 4.90. The van der Waals surface area contributed by atoms with Crippen LogP contribution in [0.4, 0.5) is 0 Å². The van der Waals surface area contributed by atoms with Gasteiger partial charge in [0.1, 0.15) is 0 Å².